The molecule has 1 aromatic heterocycles. The number of rotatable bonds is 5. The number of hydrogen-bond acceptors (Lipinski definition) is 3. The maximum Gasteiger partial charge on any atom is 0.309 e. The normalized spacial score (nSPS) is 20.8. The first-order valence-electron chi connectivity index (χ1n) is 7.20. The highest BCUT2D eigenvalue weighted by Gasteiger charge is 2.41. The molecule has 1 aliphatic rings. The molecule has 0 amide bonds. The van der Waals surface area contributed by atoms with Gasteiger partial charge in [-0.15, -0.1) is 11.3 Å². The van der Waals surface area contributed by atoms with E-state index in [1.807, 2.05) is 0 Å². The Morgan fingerprint density at radius 2 is 2.20 bits per heavy atom. The van der Waals surface area contributed by atoms with Gasteiger partial charge in [0.2, 0.25) is 0 Å². The average Bonchev–Trinajstić information content (AvgIpc) is 2.85. The van der Waals surface area contributed by atoms with Crippen molar-refractivity contribution in [1.82, 2.24) is 4.90 Å². The Bertz CT molecular complexity index is 466. The third-order valence-electron chi connectivity index (χ3n) is 4.48. The van der Waals surface area contributed by atoms with E-state index in [4.69, 9.17) is 0 Å². The third kappa shape index (κ3) is 3.26. The van der Waals surface area contributed by atoms with Gasteiger partial charge in [0.15, 0.2) is 0 Å². The van der Waals surface area contributed by atoms with Crippen molar-refractivity contribution in [2.75, 3.05) is 13.1 Å². The van der Waals surface area contributed by atoms with E-state index in [9.17, 15) is 9.90 Å². The monoisotopic (exact) mass is 359 g/mol. The van der Waals surface area contributed by atoms with Gasteiger partial charge in [-0.25, -0.2) is 0 Å². The molecule has 2 rings (SSSR count). The summed E-state index contributed by atoms with van der Waals surface area (Å²) in [6, 6.07) is 2.54. The number of carbonyl (C=O) groups is 1. The zero-order chi connectivity index (χ0) is 14.8. The molecule has 1 aliphatic heterocycles. The summed E-state index contributed by atoms with van der Waals surface area (Å²) >= 11 is 5.26. The summed E-state index contributed by atoms with van der Waals surface area (Å²) in [7, 11) is 0. The molecule has 0 aromatic carbocycles. The quantitative estimate of drug-likeness (QED) is 0.838. The molecule has 2 heterocycles. The number of hydrogen-bond donors (Lipinski definition) is 1. The molecule has 1 saturated heterocycles. The lowest BCUT2D eigenvalue weighted by molar-refractivity contribution is -0.153. The number of nitrogens with zero attached hydrogens (tertiary/aromatic N) is 1. The highest BCUT2D eigenvalue weighted by Crippen LogP contribution is 2.39. The molecule has 112 valence electrons. The van der Waals surface area contributed by atoms with Crippen LogP contribution in [-0.4, -0.2) is 29.1 Å². The summed E-state index contributed by atoms with van der Waals surface area (Å²) in [6.07, 6.45) is 3.29. The first-order chi connectivity index (χ1) is 9.48. The van der Waals surface area contributed by atoms with Gasteiger partial charge in [-0.2, -0.15) is 0 Å². The maximum absolute atomic E-state index is 11.6. The molecule has 1 N–H and O–H groups in total. The number of carboxylic acid groups (broad SMARTS) is 1. The molecule has 0 aliphatic carbocycles. The van der Waals surface area contributed by atoms with Gasteiger partial charge in [-0.1, -0.05) is 13.3 Å². The second kappa shape index (κ2) is 6.58. The van der Waals surface area contributed by atoms with Crippen LogP contribution in [0.5, 0.6) is 0 Å². The van der Waals surface area contributed by atoms with Crippen LogP contribution in [0.4, 0.5) is 0 Å². The smallest absolute Gasteiger partial charge is 0.309 e. The van der Waals surface area contributed by atoms with Crippen molar-refractivity contribution in [2.24, 2.45) is 5.41 Å². The van der Waals surface area contributed by atoms with Crippen molar-refractivity contribution < 1.29 is 9.90 Å². The number of halogens is 1. The van der Waals surface area contributed by atoms with Crippen LogP contribution in [0, 0.1) is 5.41 Å². The number of carboxylic acids is 1. The Morgan fingerprint density at radius 1 is 1.55 bits per heavy atom. The highest BCUT2D eigenvalue weighted by molar-refractivity contribution is 9.10. The van der Waals surface area contributed by atoms with Crippen molar-refractivity contribution in [1.29, 1.82) is 0 Å². The van der Waals surface area contributed by atoms with Gasteiger partial charge in [-0.3, -0.25) is 9.69 Å². The molecule has 0 spiro atoms. The van der Waals surface area contributed by atoms with E-state index in [1.165, 1.54) is 4.88 Å². The fraction of sp³-hybridized carbons (Fsp3) is 0.667. The number of likely N-dealkylation sites (tertiary alicyclic amines) is 1. The topological polar surface area (TPSA) is 40.5 Å². The lowest BCUT2D eigenvalue weighted by Crippen LogP contribution is -2.45. The zero-order valence-corrected chi connectivity index (χ0v) is 14.5. The summed E-state index contributed by atoms with van der Waals surface area (Å²) in [4.78, 5) is 15.3. The summed E-state index contributed by atoms with van der Waals surface area (Å²) < 4.78 is 1.13. The molecule has 1 aromatic rings. The van der Waals surface area contributed by atoms with E-state index in [-0.39, 0.29) is 0 Å². The van der Waals surface area contributed by atoms with Gasteiger partial charge in [0.05, 0.1) is 5.41 Å². The largest absolute Gasteiger partial charge is 0.481 e. The van der Waals surface area contributed by atoms with Crippen LogP contribution in [-0.2, 0) is 4.79 Å². The van der Waals surface area contributed by atoms with Gasteiger partial charge < -0.3 is 5.11 Å². The minimum Gasteiger partial charge on any atom is -0.481 e. The zero-order valence-electron chi connectivity index (χ0n) is 12.1. The first kappa shape index (κ1) is 16.0. The SMILES string of the molecule is CCCC1(C(=O)O)CCN(C(C)c2cc(Br)cs2)CC1. The van der Waals surface area contributed by atoms with Crippen molar-refractivity contribution in [3.05, 3.63) is 20.8 Å². The van der Waals surface area contributed by atoms with Crippen molar-refractivity contribution in [3.63, 3.8) is 0 Å². The van der Waals surface area contributed by atoms with Crippen LogP contribution >= 0.6 is 27.3 Å². The predicted octanol–water partition coefficient (Wildman–Crippen LogP) is 4.54. The molecule has 0 radical (unpaired) electrons. The van der Waals surface area contributed by atoms with Crippen LogP contribution in [0.2, 0.25) is 0 Å². The van der Waals surface area contributed by atoms with Gasteiger partial charge in [0.1, 0.15) is 0 Å². The fourth-order valence-corrected chi connectivity index (χ4v) is 4.65. The molecule has 1 unspecified atom stereocenters. The Labute approximate surface area is 133 Å². The number of aliphatic carboxylic acids is 1. The van der Waals surface area contributed by atoms with Crippen LogP contribution in [0.3, 0.4) is 0 Å². The second-order valence-electron chi connectivity index (χ2n) is 5.71. The van der Waals surface area contributed by atoms with Gasteiger partial charge in [0.25, 0.3) is 0 Å². The summed E-state index contributed by atoms with van der Waals surface area (Å²) in [6.45, 7) is 6.04. The molecule has 1 atom stereocenters. The van der Waals surface area contributed by atoms with Crippen LogP contribution < -0.4 is 0 Å². The molecule has 0 bridgehead atoms. The van der Waals surface area contributed by atoms with E-state index in [2.05, 4.69) is 46.1 Å². The van der Waals surface area contributed by atoms with Crippen LogP contribution in [0.1, 0.15) is 50.4 Å². The second-order valence-corrected chi connectivity index (χ2v) is 7.57. The van der Waals surface area contributed by atoms with E-state index < -0.39 is 11.4 Å². The Morgan fingerprint density at radius 3 is 2.65 bits per heavy atom. The average molecular weight is 360 g/mol. The molecule has 0 saturated carbocycles. The fourth-order valence-electron chi connectivity index (χ4n) is 3.12. The Hall–Kier alpha value is -0.390. The van der Waals surface area contributed by atoms with Crippen molar-refractivity contribution in [2.45, 2.75) is 45.6 Å². The third-order valence-corrected chi connectivity index (χ3v) is 6.35. The van der Waals surface area contributed by atoms with Gasteiger partial charge in [0, 0.05) is 20.8 Å². The molecular formula is C15H22BrNO2S. The lowest BCUT2D eigenvalue weighted by Gasteiger charge is -2.41. The standard InChI is InChI=1S/C15H22BrNO2S/c1-3-4-15(14(18)19)5-7-17(8-6-15)11(2)13-9-12(16)10-20-13/h9-11H,3-8H2,1-2H3,(H,18,19). The minimum absolute atomic E-state index is 0.375. The highest BCUT2D eigenvalue weighted by atomic mass is 79.9. The number of thiophene rings is 1. The van der Waals surface area contributed by atoms with E-state index in [0.29, 0.717) is 6.04 Å². The Balaban J connectivity index is 2.01. The lowest BCUT2D eigenvalue weighted by atomic mass is 9.75. The van der Waals surface area contributed by atoms with E-state index in [0.717, 1.165) is 43.2 Å². The van der Waals surface area contributed by atoms with E-state index in [1.54, 1.807) is 11.3 Å². The summed E-state index contributed by atoms with van der Waals surface area (Å²) in [5.74, 6) is -0.606. The predicted molar refractivity (Wildman–Crippen MR) is 86.2 cm³/mol. The minimum atomic E-state index is -0.606. The van der Waals surface area contributed by atoms with E-state index >= 15 is 0 Å². The van der Waals surface area contributed by atoms with Gasteiger partial charge in [-0.05, 0) is 61.3 Å². The molecule has 1 fully saturated rings. The molecule has 5 heteroatoms. The number of piperidine rings is 1. The molecule has 20 heavy (non-hydrogen) atoms. The molecule has 3 nitrogen and oxygen atoms in total. The van der Waals surface area contributed by atoms with Crippen LogP contribution in [0.25, 0.3) is 0 Å². The van der Waals surface area contributed by atoms with Crippen molar-refractivity contribution in [3.8, 4) is 0 Å². The Kier molecular flexibility index (Phi) is 5.26. The first-order valence-corrected chi connectivity index (χ1v) is 8.87. The van der Waals surface area contributed by atoms with Crippen LogP contribution in [0.15, 0.2) is 15.9 Å². The maximum atomic E-state index is 11.6. The summed E-state index contributed by atoms with van der Waals surface area (Å²) in [5, 5.41) is 11.6. The summed E-state index contributed by atoms with van der Waals surface area (Å²) in [5.41, 5.74) is -0.485. The van der Waals surface area contributed by atoms with Gasteiger partial charge >= 0.3 is 5.97 Å². The van der Waals surface area contributed by atoms with Crippen molar-refractivity contribution >= 4 is 33.2 Å². The molecular weight excluding hydrogens is 338 g/mol.